The van der Waals surface area contributed by atoms with Gasteiger partial charge in [0.1, 0.15) is 23.0 Å². The first kappa shape index (κ1) is 19.4. The fourth-order valence-electron chi connectivity index (χ4n) is 4.58. The maximum absolute atomic E-state index is 6.92. The molecule has 0 N–H and O–H groups in total. The number of fused-ring (bicyclic) bond motifs is 6. The number of rotatable bonds is 3. The van der Waals surface area contributed by atoms with Crippen LogP contribution in [0.2, 0.25) is 0 Å². The van der Waals surface area contributed by atoms with Gasteiger partial charge in [-0.3, -0.25) is 0 Å². The molecule has 0 atom stereocenters. The van der Waals surface area contributed by atoms with Gasteiger partial charge < -0.3 is 18.9 Å². The van der Waals surface area contributed by atoms with Gasteiger partial charge in [-0.05, 0) is 42.5 Å². The lowest BCUT2D eigenvalue weighted by molar-refractivity contribution is 0.124. The molecule has 2 aliphatic rings. The highest BCUT2D eigenvalue weighted by Gasteiger charge is 2.50. The molecule has 0 fully saturated rings. The first-order valence-electron chi connectivity index (χ1n) is 10.7. The van der Waals surface area contributed by atoms with Crippen molar-refractivity contribution < 1.29 is 18.9 Å². The van der Waals surface area contributed by atoms with Crippen molar-refractivity contribution in [2.75, 3.05) is 14.2 Å². The van der Waals surface area contributed by atoms with Gasteiger partial charge in [0.2, 0.25) is 5.90 Å². The summed E-state index contributed by atoms with van der Waals surface area (Å²) in [5, 5.41) is 0. The van der Waals surface area contributed by atoms with E-state index in [9.17, 15) is 0 Å². The first-order chi connectivity index (χ1) is 16.2. The van der Waals surface area contributed by atoms with Gasteiger partial charge in [0.15, 0.2) is 5.60 Å². The second kappa shape index (κ2) is 7.41. The van der Waals surface area contributed by atoms with Crippen LogP contribution in [0.5, 0.6) is 23.0 Å². The minimum Gasteiger partial charge on any atom is -0.497 e. The van der Waals surface area contributed by atoms with E-state index in [2.05, 4.69) is 6.07 Å². The molecule has 0 aromatic heterocycles. The quantitative estimate of drug-likeness (QED) is 0.384. The predicted molar refractivity (Wildman–Crippen MR) is 126 cm³/mol. The summed E-state index contributed by atoms with van der Waals surface area (Å²) in [7, 11) is 3.29. The van der Waals surface area contributed by atoms with E-state index in [0.29, 0.717) is 28.9 Å². The van der Waals surface area contributed by atoms with Gasteiger partial charge in [0, 0.05) is 34.4 Å². The second-order valence-electron chi connectivity index (χ2n) is 7.91. The largest absolute Gasteiger partial charge is 0.497 e. The van der Waals surface area contributed by atoms with Gasteiger partial charge >= 0.3 is 0 Å². The molecule has 0 radical (unpaired) electrons. The lowest BCUT2D eigenvalue weighted by Crippen LogP contribution is -2.40. The van der Waals surface area contributed by atoms with Crippen LogP contribution in [-0.4, -0.2) is 20.1 Å². The zero-order chi connectivity index (χ0) is 22.4. The normalized spacial score (nSPS) is 14.7. The molecule has 5 nitrogen and oxygen atoms in total. The summed E-state index contributed by atoms with van der Waals surface area (Å²) in [6, 6.07) is 29.7. The van der Waals surface area contributed by atoms with E-state index in [-0.39, 0.29) is 0 Å². The number of ether oxygens (including phenoxy) is 4. The molecular weight excluding hydrogens is 414 g/mol. The Morgan fingerprint density at radius 2 is 1.27 bits per heavy atom. The Balaban J connectivity index is 1.68. The molecule has 0 saturated carbocycles. The Kier molecular flexibility index (Phi) is 4.37. The Labute approximate surface area is 191 Å². The van der Waals surface area contributed by atoms with Crippen LogP contribution in [0.25, 0.3) is 0 Å². The summed E-state index contributed by atoms with van der Waals surface area (Å²) in [6.45, 7) is 0. The zero-order valence-corrected chi connectivity index (χ0v) is 18.2. The summed E-state index contributed by atoms with van der Waals surface area (Å²) in [5.74, 6) is 3.30. The molecular formula is C28H21NO4. The van der Waals surface area contributed by atoms with Gasteiger partial charge in [0.25, 0.3) is 0 Å². The third-order valence-corrected chi connectivity index (χ3v) is 6.13. The standard InChI is InChI=1S/C28H21NO4/c1-30-19-12-14-22-25(16-19)32-26-17-20(31-2)13-15-23(26)28(22)21-10-6-7-11-24(21)29-27(33-28)18-8-4-3-5-9-18/h3-17H,1-2H3. The van der Waals surface area contributed by atoms with Crippen LogP contribution in [0, 0.1) is 0 Å². The zero-order valence-electron chi connectivity index (χ0n) is 18.2. The molecule has 33 heavy (non-hydrogen) atoms. The van der Waals surface area contributed by atoms with Gasteiger partial charge in [-0.15, -0.1) is 0 Å². The summed E-state index contributed by atoms with van der Waals surface area (Å²) in [4.78, 5) is 4.88. The van der Waals surface area contributed by atoms with Gasteiger partial charge in [-0.2, -0.15) is 0 Å². The smallest absolute Gasteiger partial charge is 0.222 e. The van der Waals surface area contributed by atoms with Crippen molar-refractivity contribution in [3.05, 3.63) is 113 Å². The van der Waals surface area contributed by atoms with E-state index >= 15 is 0 Å². The number of hydrogen-bond acceptors (Lipinski definition) is 5. The van der Waals surface area contributed by atoms with E-state index in [1.807, 2.05) is 84.9 Å². The maximum Gasteiger partial charge on any atom is 0.222 e. The van der Waals surface area contributed by atoms with Crippen molar-refractivity contribution in [3.8, 4) is 23.0 Å². The molecule has 0 amide bonds. The molecule has 2 aliphatic heterocycles. The Bertz CT molecular complexity index is 1340. The number of benzene rings is 4. The van der Waals surface area contributed by atoms with E-state index in [4.69, 9.17) is 23.9 Å². The predicted octanol–water partition coefficient (Wildman–Crippen LogP) is 6.21. The Morgan fingerprint density at radius 1 is 0.667 bits per heavy atom. The lowest BCUT2D eigenvalue weighted by atomic mass is 9.76. The van der Waals surface area contributed by atoms with Crippen LogP contribution in [-0.2, 0) is 10.3 Å². The molecule has 0 bridgehead atoms. The minimum atomic E-state index is -0.953. The number of nitrogens with zero attached hydrogens (tertiary/aromatic N) is 1. The number of para-hydroxylation sites is 1. The summed E-state index contributed by atoms with van der Waals surface area (Å²) in [5.41, 5.74) is 3.53. The molecule has 0 unspecified atom stereocenters. The van der Waals surface area contributed by atoms with Crippen molar-refractivity contribution in [3.63, 3.8) is 0 Å². The number of methoxy groups -OCH3 is 2. The minimum absolute atomic E-state index is 0.555. The fourth-order valence-corrected chi connectivity index (χ4v) is 4.58. The van der Waals surface area contributed by atoms with E-state index in [1.165, 1.54) is 0 Å². The van der Waals surface area contributed by atoms with Gasteiger partial charge in [-0.25, -0.2) is 4.99 Å². The number of hydrogen-bond donors (Lipinski definition) is 0. The average Bonchev–Trinajstić information content (AvgIpc) is 2.88. The molecule has 2 heterocycles. The Morgan fingerprint density at radius 3 is 1.91 bits per heavy atom. The maximum atomic E-state index is 6.92. The van der Waals surface area contributed by atoms with Crippen LogP contribution in [0.3, 0.4) is 0 Å². The van der Waals surface area contributed by atoms with Crippen molar-refractivity contribution >= 4 is 11.6 Å². The van der Waals surface area contributed by atoms with Crippen molar-refractivity contribution in [1.29, 1.82) is 0 Å². The van der Waals surface area contributed by atoms with E-state index < -0.39 is 5.60 Å². The molecule has 5 heteroatoms. The van der Waals surface area contributed by atoms with Crippen LogP contribution < -0.4 is 14.2 Å². The molecule has 4 aromatic carbocycles. The third kappa shape index (κ3) is 2.89. The van der Waals surface area contributed by atoms with Crippen LogP contribution in [0.15, 0.2) is 96.0 Å². The fraction of sp³-hybridized carbons (Fsp3) is 0.107. The monoisotopic (exact) mass is 435 g/mol. The average molecular weight is 435 g/mol. The molecule has 0 saturated heterocycles. The summed E-state index contributed by atoms with van der Waals surface area (Å²) in [6.07, 6.45) is 0. The van der Waals surface area contributed by atoms with Crippen LogP contribution >= 0.6 is 0 Å². The summed E-state index contributed by atoms with van der Waals surface area (Å²) >= 11 is 0. The van der Waals surface area contributed by atoms with Crippen molar-refractivity contribution in [1.82, 2.24) is 0 Å². The molecule has 6 rings (SSSR count). The summed E-state index contributed by atoms with van der Waals surface area (Å²) < 4.78 is 24.2. The molecule has 1 spiro atoms. The van der Waals surface area contributed by atoms with Crippen LogP contribution in [0.1, 0.15) is 22.3 Å². The Hall–Kier alpha value is -4.25. The van der Waals surface area contributed by atoms with E-state index in [0.717, 1.165) is 27.9 Å². The van der Waals surface area contributed by atoms with Crippen LogP contribution in [0.4, 0.5) is 5.69 Å². The highest BCUT2D eigenvalue weighted by Crippen LogP contribution is 2.57. The van der Waals surface area contributed by atoms with Gasteiger partial charge in [-0.1, -0.05) is 36.4 Å². The molecule has 0 aliphatic carbocycles. The van der Waals surface area contributed by atoms with Crippen molar-refractivity contribution in [2.45, 2.75) is 5.60 Å². The SMILES string of the molecule is COc1ccc2c(c1)Oc1cc(OC)ccc1C21OC(c2ccccc2)=Nc2ccccc21. The van der Waals surface area contributed by atoms with Gasteiger partial charge in [0.05, 0.1) is 19.9 Å². The highest BCUT2D eigenvalue weighted by molar-refractivity contribution is 5.98. The number of aliphatic imine (C=N–C) groups is 1. The topological polar surface area (TPSA) is 49.3 Å². The third-order valence-electron chi connectivity index (χ3n) is 6.13. The molecule has 4 aromatic rings. The second-order valence-corrected chi connectivity index (χ2v) is 7.91. The lowest BCUT2D eigenvalue weighted by Gasteiger charge is -2.43. The van der Waals surface area contributed by atoms with E-state index in [1.54, 1.807) is 14.2 Å². The highest BCUT2D eigenvalue weighted by atomic mass is 16.5. The molecule has 162 valence electrons. The van der Waals surface area contributed by atoms with Crippen molar-refractivity contribution in [2.24, 2.45) is 4.99 Å². The first-order valence-corrected chi connectivity index (χ1v) is 10.7.